The van der Waals surface area contributed by atoms with Crippen LogP contribution in [0, 0.1) is 6.92 Å². The molecule has 0 aromatic carbocycles. The molecule has 6 heteroatoms. The Balaban J connectivity index is 1.85. The van der Waals surface area contributed by atoms with Crippen molar-refractivity contribution in [2.75, 3.05) is 6.61 Å². The monoisotopic (exact) mass is 281 g/mol. The summed E-state index contributed by atoms with van der Waals surface area (Å²) in [6.45, 7) is 4.36. The summed E-state index contributed by atoms with van der Waals surface area (Å²) in [5.74, 6) is -0.610. The molecule has 5 nitrogen and oxygen atoms in total. The lowest BCUT2D eigenvalue weighted by molar-refractivity contribution is 0.0492. The summed E-state index contributed by atoms with van der Waals surface area (Å²) in [7, 11) is 0. The minimum absolute atomic E-state index is 0.0660. The number of aryl methyl sites for hydroxylation is 1. The first-order chi connectivity index (χ1) is 9.08. The van der Waals surface area contributed by atoms with Gasteiger partial charge in [0.25, 0.3) is 0 Å². The Labute approximate surface area is 114 Å². The molecule has 0 fully saturated rings. The van der Waals surface area contributed by atoms with Gasteiger partial charge in [-0.25, -0.2) is 9.78 Å². The molecule has 1 unspecified atom stereocenters. The van der Waals surface area contributed by atoms with Gasteiger partial charge in [0.2, 0.25) is 5.76 Å². The average Bonchev–Trinajstić information content (AvgIpc) is 2.98. The smallest absolute Gasteiger partial charge is 0.371 e. The highest BCUT2D eigenvalue weighted by Gasteiger charge is 2.14. The van der Waals surface area contributed by atoms with Gasteiger partial charge in [0, 0.05) is 11.3 Å². The molecular formula is C13H15NO4S. The van der Waals surface area contributed by atoms with E-state index >= 15 is 0 Å². The van der Waals surface area contributed by atoms with Gasteiger partial charge in [-0.1, -0.05) is 0 Å². The Morgan fingerprint density at radius 3 is 2.95 bits per heavy atom. The van der Waals surface area contributed by atoms with E-state index in [-0.39, 0.29) is 11.9 Å². The van der Waals surface area contributed by atoms with Crippen molar-refractivity contribution in [3.05, 3.63) is 39.7 Å². The van der Waals surface area contributed by atoms with E-state index in [1.54, 1.807) is 17.4 Å². The fraction of sp³-hybridized carbons (Fsp3) is 0.385. The highest BCUT2D eigenvalue weighted by molar-refractivity contribution is 7.09. The molecule has 1 N–H and O–H groups in total. The first-order valence-electron chi connectivity index (χ1n) is 5.91. The average molecular weight is 281 g/mol. The van der Waals surface area contributed by atoms with E-state index in [1.807, 2.05) is 19.4 Å². The minimum Gasteiger partial charge on any atom is -0.475 e. The summed E-state index contributed by atoms with van der Waals surface area (Å²) in [5.41, 5.74) is 2.85. The van der Waals surface area contributed by atoms with Crippen molar-refractivity contribution in [2.24, 2.45) is 0 Å². The van der Waals surface area contributed by atoms with Gasteiger partial charge in [0.05, 0.1) is 17.8 Å². The number of thiazole rings is 1. The second-order valence-corrected chi connectivity index (χ2v) is 5.07. The maximum absolute atomic E-state index is 10.7. The van der Waals surface area contributed by atoms with Gasteiger partial charge >= 0.3 is 5.97 Å². The minimum atomic E-state index is -1.07. The van der Waals surface area contributed by atoms with Crippen molar-refractivity contribution in [2.45, 2.75) is 26.4 Å². The third-order valence-corrected chi connectivity index (χ3v) is 3.77. The van der Waals surface area contributed by atoms with Crippen molar-refractivity contribution in [3.8, 4) is 0 Å². The van der Waals surface area contributed by atoms with Crippen molar-refractivity contribution >= 4 is 17.3 Å². The van der Waals surface area contributed by atoms with Gasteiger partial charge in [0.1, 0.15) is 11.9 Å². The zero-order chi connectivity index (χ0) is 13.8. The molecule has 102 valence electrons. The molecular weight excluding hydrogens is 266 g/mol. The summed E-state index contributed by atoms with van der Waals surface area (Å²) in [5, 5.41) is 8.77. The Morgan fingerprint density at radius 2 is 2.37 bits per heavy atom. The Bertz CT molecular complexity index is 560. The van der Waals surface area contributed by atoms with Crippen LogP contribution in [0.15, 0.2) is 22.1 Å². The van der Waals surface area contributed by atoms with E-state index in [1.165, 1.54) is 10.9 Å². The molecule has 0 spiro atoms. The summed E-state index contributed by atoms with van der Waals surface area (Å²) in [6, 6.07) is 3.07. The van der Waals surface area contributed by atoms with Crippen LogP contribution in [0.25, 0.3) is 0 Å². The van der Waals surface area contributed by atoms with Crippen molar-refractivity contribution in [3.63, 3.8) is 0 Å². The molecule has 2 aromatic heterocycles. The number of rotatable bonds is 6. The highest BCUT2D eigenvalue weighted by Crippen LogP contribution is 2.21. The van der Waals surface area contributed by atoms with Crippen LogP contribution in [-0.2, 0) is 11.2 Å². The van der Waals surface area contributed by atoms with Crippen LogP contribution in [0.3, 0.4) is 0 Å². The number of hydrogen-bond acceptors (Lipinski definition) is 5. The van der Waals surface area contributed by atoms with Gasteiger partial charge in [0.15, 0.2) is 0 Å². The van der Waals surface area contributed by atoms with E-state index in [4.69, 9.17) is 14.3 Å². The predicted molar refractivity (Wildman–Crippen MR) is 70.6 cm³/mol. The van der Waals surface area contributed by atoms with E-state index in [2.05, 4.69) is 4.98 Å². The quantitative estimate of drug-likeness (QED) is 0.881. The number of nitrogens with zero attached hydrogens (tertiary/aromatic N) is 1. The van der Waals surface area contributed by atoms with Gasteiger partial charge in [-0.15, -0.1) is 11.3 Å². The fourth-order valence-electron chi connectivity index (χ4n) is 1.66. The number of carbonyl (C=O) groups is 1. The van der Waals surface area contributed by atoms with Gasteiger partial charge in [-0.05, 0) is 26.0 Å². The number of hydrogen-bond donors (Lipinski definition) is 1. The van der Waals surface area contributed by atoms with Crippen LogP contribution in [0.5, 0.6) is 0 Å². The largest absolute Gasteiger partial charge is 0.475 e. The van der Waals surface area contributed by atoms with Crippen molar-refractivity contribution in [1.29, 1.82) is 0 Å². The van der Waals surface area contributed by atoms with E-state index < -0.39 is 5.97 Å². The molecule has 19 heavy (non-hydrogen) atoms. The second kappa shape index (κ2) is 5.99. The summed E-state index contributed by atoms with van der Waals surface area (Å²) >= 11 is 1.61. The molecule has 0 aliphatic rings. The number of furan rings is 1. The standard InChI is InChI=1S/C13H15NO4S/c1-8-12(19-7-14-8)5-6-17-9(2)10-3-4-11(18-10)13(15)16/h3-4,7,9H,5-6H2,1-2H3,(H,15,16). The Hall–Kier alpha value is -1.66. The lowest BCUT2D eigenvalue weighted by Crippen LogP contribution is -2.03. The molecule has 1 atom stereocenters. The first kappa shape index (κ1) is 13.8. The maximum Gasteiger partial charge on any atom is 0.371 e. The number of aromatic carboxylic acids is 1. The number of carboxylic acids is 1. The molecule has 0 bridgehead atoms. The highest BCUT2D eigenvalue weighted by atomic mass is 32.1. The predicted octanol–water partition coefficient (Wildman–Crippen LogP) is 3.06. The van der Waals surface area contributed by atoms with Gasteiger partial charge in [-0.2, -0.15) is 0 Å². The van der Waals surface area contributed by atoms with E-state index in [9.17, 15) is 4.79 Å². The lowest BCUT2D eigenvalue weighted by atomic mass is 10.3. The normalized spacial score (nSPS) is 12.5. The fourth-order valence-corrected chi connectivity index (χ4v) is 2.43. The van der Waals surface area contributed by atoms with Crippen LogP contribution >= 0.6 is 11.3 Å². The van der Waals surface area contributed by atoms with Crippen LogP contribution in [0.1, 0.15) is 39.9 Å². The van der Waals surface area contributed by atoms with E-state index in [0.717, 1.165) is 12.1 Å². The second-order valence-electron chi connectivity index (χ2n) is 4.13. The third kappa shape index (κ3) is 3.42. The van der Waals surface area contributed by atoms with Crippen LogP contribution < -0.4 is 0 Å². The molecule has 0 aliphatic carbocycles. The number of ether oxygens (including phenoxy) is 1. The van der Waals surface area contributed by atoms with Crippen molar-refractivity contribution in [1.82, 2.24) is 4.98 Å². The first-order valence-corrected chi connectivity index (χ1v) is 6.79. The summed E-state index contributed by atoms with van der Waals surface area (Å²) in [4.78, 5) is 16.1. The zero-order valence-electron chi connectivity index (χ0n) is 10.8. The molecule has 0 saturated heterocycles. The molecule has 2 rings (SSSR count). The Morgan fingerprint density at radius 1 is 1.58 bits per heavy atom. The molecule has 0 amide bonds. The SMILES string of the molecule is Cc1ncsc1CCOC(C)c1ccc(C(=O)O)o1. The molecule has 0 aliphatic heterocycles. The van der Waals surface area contributed by atoms with Crippen LogP contribution in [-0.4, -0.2) is 22.7 Å². The molecule has 0 saturated carbocycles. The lowest BCUT2D eigenvalue weighted by Gasteiger charge is -2.09. The van der Waals surface area contributed by atoms with E-state index in [0.29, 0.717) is 12.4 Å². The van der Waals surface area contributed by atoms with Crippen LogP contribution in [0.4, 0.5) is 0 Å². The molecule has 2 aromatic rings. The van der Waals surface area contributed by atoms with Gasteiger partial charge in [-0.3, -0.25) is 0 Å². The third-order valence-electron chi connectivity index (χ3n) is 2.78. The number of aromatic nitrogens is 1. The Kier molecular flexibility index (Phi) is 4.34. The summed E-state index contributed by atoms with van der Waals surface area (Å²) in [6.07, 6.45) is 0.536. The summed E-state index contributed by atoms with van der Waals surface area (Å²) < 4.78 is 10.8. The van der Waals surface area contributed by atoms with Gasteiger partial charge < -0.3 is 14.3 Å². The molecule has 0 radical (unpaired) electrons. The molecule has 2 heterocycles. The maximum atomic E-state index is 10.7. The zero-order valence-corrected chi connectivity index (χ0v) is 11.6. The topological polar surface area (TPSA) is 72.6 Å². The number of carboxylic acid groups (broad SMARTS) is 1. The van der Waals surface area contributed by atoms with Crippen molar-refractivity contribution < 1.29 is 19.1 Å². The van der Waals surface area contributed by atoms with Crippen LogP contribution in [0.2, 0.25) is 0 Å².